The molecule has 0 aliphatic carbocycles. The minimum Gasteiger partial charge on any atom is -0.496 e. The number of halogens is 1. The molecule has 3 heterocycles. The van der Waals surface area contributed by atoms with Gasteiger partial charge in [-0.1, -0.05) is 29.8 Å². The summed E-state index contributed by atoms with van der Waals surface area (Å²) >= 11 is 0. The Morgan fingerprint density at radius 1 is 0.978 bits per heavy atom. The molecule has 2 fully saturated rings. The van der Waals surface area contributed by atoms with Crippen LogP contribution >= 0.6 is 0 Å². The summed E-state index contributed by atoms with van der Waals surface area (Å²) in [6, 6.07) is 14.0. The van der Waals surface area contributed by atoms with E-state index in [1.54, 1.807) is 55.5 Å². The van der Waals surface area contributed by atoms with Gasteiger partial charge < -0.3 is 19.3 Å². The van der Waals surface area contributed by atoms with Crippen molar-refractivity contribution in [1.29, 1.82) is 0 Å². The summed E-state index contributed by atoms with van der Waals surface area (Å²) in [5.41, 5.74) is 3.16. The number of nitrogens with zero attached hydrogens (tertiary/aromatic N) is 3. The fourth-order valence-corrected chi connectivity index (χ4v) is 7.76. The van der Waals surface area contributed by atoms with Crippen LogP contribution < -0.4 is 4.74 Å². The number of amides is 2. The predicted molar refractivity (Wildman–Crippen MR) is 163 cm³/mol. The molecule has 0 radical (unpaired) electrons. The molecule has 2 aliphatic rings. The third kappa shape index (κ3) is 5.02. The number of aromatic nitrogens is 1. The lowest BCUT2D eigenvalue weighted by molar-refractivity contribution is -0.160. The summed E-state index contributed by atoms with van der Waals surface area (Å²) in [5.74, 6) is -1.02. The first-order chi connectivity index (χ1) is 21.5. The highest BCUT2D eigenvalue weighted by Gasteiger charge is 2.51. The number of hydrogen-bond donors (Lipinski definition) is 0. The summed E-state index contributed by atoms with van der Waals surface area (Å²) in [5, 5.41) is 0.528. The van der Waals surface area contributed by atoms with Crippen LogP contribution in [0.3, 0.4) is 0 Å². The van der Waals surface area contributed by atoms with Gasteiger partial charge in [0.2, 0.25) is 5.91 Å². The van der Waals surface area contributed by atoms with Gasteiger partial charge in [-0.2, -0.15) is 0 Å². The zero-order chi connectivity index (χ0) is 32.2. The van der Waals surface area contributed by atoms with Crippen molar-refractivity contribution in [3.05, 3.63) is 94.7 Å². The largest absolute Gasteiger partial charge is 0.496 e. The Bertz CT molecular complexity index is 1940. The molecule has 12 heteroatoms. The number of hydrogen-bond acceptors (Lipinski definition) is 7. The minimum absolute atomic E-state index is 0.110. The zero-order valence-corrected chi connectivity index (χ0v) is 26.0. The molecule has 1 aromatic heterocycles. The SMILES string of the molecule is COC(=O)c1ccc(C2C(=O)N3C[C@H](F)C[C@H]3C(=O)N2Cc2c(OC)cc(C)c3c2ccn3S(=O)(=O)c2ccc(C)cc2)cc1. The van der Waals surface area contributed by atoms with Crippen LogP contribution in [0.25, 0.3) is 10.9 Å². The summed E-state index contributed by atoms with van der Waals surface area (Å²) < 4.78 is 53.8. The molecule has 2 aliphatic heterocycles. The molecule has 0 N–H and O–H groups in total. The van der Waals surface area contributed by atoms with E-state index in [1.807, 2.05) is 6.92 Å². The molecular formula is C33H32FN3O7S. The highest BCUT2D eigenvalue weighted by atomic mass is 32.2. The van der Waals surface area contributed by atoms with Crippen LogP contribution in [0.1, 0.15) is 45.1 Å². The molecular weight excluding hydrogens is 601 g/mol. The van der Waals surface area contributed by atoms with E-state index >= 15 is 0 Å². The molecule has 0 bridgehead atoms. The topological polar surface area (TPSA) is 115 Å². The van der Waals surface area contributed by atoms with Gasteiger partial charge in [0.05, 0.1) is 43.3 Å². The van der Waals surface area contributed by atoms with Crippen molar-refractivity contribution in [2.75, 3.05) is 20.8 Å². The Kier molecular flexibility index (Phi) is 7.64. The van der Waals surface area contributed by atoms with E-state index in [2.05, 4.69) is 0 Å². The maximum atomic E-state index is 14.6. The van der Waals surface area contributed by atoms with E-state index < -0.39 is 46.1 Å². The molecule has 234 valence electrons. The van der Waals surface area contributed by atoms with Gasteiger partial charge >= 0.3 is 5.97 Å². The van der Waals surface area contributed by atoms with Gasteiger partial charge in [0.15, 0.2) is 0 Å². The molecule has 2 amide bonds. The van der Waals surface area contributed by atoms with Crippen LogP contribution in [0.15, 0.2) is 71.8 Å². The number of fused-ring (bicyclic) bond motifs is 2. The number of esters is 1. The first kappa shape index (κ1) is 30.3. The van der Waals surface area contributed by atoms with E-state index in [-0.39, 0.29) is 30.0 Å². The van der Waals surface area contributed by atoms with E-state index in [4.69, 9.17) is 9.47 Å². The van der Waals surface area contributed by atoms with Crippen molar-refractivity contribution in [3.63, 3.8) is 0 Å². The Hall–Kier alpha value is -4.71. The molecule has 6 rings (SSSR count). The van der Waals surface area contributed by atoms with Crippen molar-refractivity contribution in [2.24, 2.45) is 0 Å². The molecule has 3 atom stereocenters. The lowest BCUT2D eigenvalue weighted by Gasteiger charge is -2.42. The summed E-state index contributed by atoms with van der Waals surface area (Å²) in [4.78, 5) is 42.8. The fraction of sp³-hybridized carbons (Fsp3) is 0.303. The van der Waals surface area contributed by atoms with Gasteiger partial charge in [0, 0.05) is 23.6 Å². The maximum absolute atomic E-state index is 14.6. The van der Waals surface area contributed by atoms with E-state index in [9.17, 15) is 27.2 Å². The highest BCUT2D eigenvalue weighted by Crippen LogP contribution is 2.40. The molecule has 45 heavy (non-hydrogen) atoms. The van der Waals surface area contributed by atoms with Gasteiger partial charge in [-0.25, -0.2) is 21.6 Å². The van der Waals surface area contributed by atoms with Crippen LogP contribution in [0.4, 0.5) is 4.39 Å². The smallest absolute Gasteiger partial charge is 0.337 e. The number of benzene rings is 3. The Labute approximate surface area is 260 Å². The van der Waals surface area contributed by atoms with Crippen LogP contribution in [0.5, 0.6) is 5.75 Å². The maximum Gasteiger partial charge on any atom is 0.337 e. The second-order valence-electron chi connectivity index (χ2n) is 11.4. The van der Waals surface area contributed by atoms with Crippen LogP contribution in [0, 0.1) is 13.8 Å². The Morgan fingerprint density at radius 2 is 1.67 bits per heavy atom. The number of piperazine rings is 1. The third-order valence-electron chi connectivity index (χ3n) is 8.62. The minimum atomic E-state index is -3.98. The third-order valence-corrected chi connectivity index (χ3v) is 10.3. The van der Waals surface area contributed by atoms with Gasteiger partial charge in [-0.3, -0.25) is 9.59 Å². The second-order valence-corrected chi connectivity index (χ2v) is 13.2. The molecule has 3 aromatic carbocycles. The molecule has 2 saturated heterocycles. The first-order valence-electron chi connectivity index (χ1n) is 14.4. The van der Waals surface area contributed by atoms with Crippen molar-refractivity contribution in [2.45, 2.75) is 50.0 Å². The summed E-state index contributed by atoms with van der Waals surface area (Å²) in [7, 11) is -1.24. The summed E-state index contributed by atoms with van der Waals surface area (Å²) in [6.07, 6.45) is 0.0153. The quantitative estimate of drug-likeness (QED) is 0.279. The highest BCUT2D eigenvalue weighted by molar-refractivity contribution is 7.90. The number of ether oxygens (including phenoxy) is 2. The Balaban J connectivity index is 1.48. The van der Waals surface area contributed by atoms with Gasteiger partial charge in [0.25, 0.3) is 15.9 Å². The van der Waals surface area contributed by atoms with Gasteiger partial charge in [-0.15, -0.1) is 0 Å². The lowest BCUT2D eigenvalue weighted by atomic mass is 9.95. The standard InChI is InChI=1S/C33H32FN3O7S/c1-19-5-11-24(12-6-19)45(41,42)37-14-13-25-26(28(43-3)15-20(2)29(25)37)18-36-30(21-7-9-22(10-8-21)33(40)44-4)32(39)35-17-23(34)16-27(35)31(36)38/h5-15,23,27,30H,16-18H2,1-4H3/t23-,27+,30?/m1/s1. The number of rotatable bonds is 7. The number of methoxy groups -OCH3 is 2. The van der Waals surface area contributed by atoms with Crippen LogP contribution in [0.2, 0.25) is 0 Å². The average molecular weight is 634 g/mol. The van der Waals surface area contributed by atoms with E-state index in [0.717, 1.165) is 5.56 Å². The number of aryl methyl sites for hydroxylation is 2. The number of carbonyl (C=O) groups excluding carboxylic acids is 3. The second kappa shape index (κ2) is 11.3. The molecule has 4 aromatic rings. The molecule has 0 saturated carbocycles. The van der Waals surface area contributed by atoms with Crippen molar-refractivity contribution >= 4 is 38.7 Å². The normalized spacial score (nSPS) is 20.1. The fourth-order valence-electron chi connectivity index (χ4n) is 6.35. The van der Waals surface area contributed by atoms with Crippen molar-refractivity contribution in [3.8, 4) is 5.75 Å². The first-order valence-corrected chi connectivity index (χ1v) is 15.8. The van der Waals surface area contributed by atoms with Crippen molar-refractivity contribution < 1.29 is 36.7 Å². The zero-order valence-electron chi connectivity index (χ0n) is 25.2. The van der Waals surface area contributed by atoms with Crippen LogP contribution in [-0.4, -0.2) is 73.0 Å². The average Bonchev–Trinajstić information content (AvgIpc) is 3.66. The number of carbonyl (C=O) groups is 3. The monoisotopic (exact) mass is 633 g/mol. The summed E-state index contributed by atoms with van der Waals surface area (Å²) in [6.45, 7) is 3.34. The van der Waals surface area contributed by atoms with Crippen LogP contribution in [-0.2, 0) is 30.9 Å². The van der Waals surface area contributed by atoms with Gasteiger partial charge in [0.1, 0.15) is 24.0 Å². The van der Waals surface area contributed by atoms with Gasteiger partial charge in [-0.05, 0) is 61.4 Å². The molecule has 1 unspecified atom stereocenters. The lowest BCUT2D eigenvalue weighted by Crippen LogP contribution is -2.58. The molecule has 0 spiro atoms. The van der Waals surface area contributed by atoms with E-state index in [0.29, 0.717) is 33.3 Å². The van der Waals surface area contributed by atoms with E-state index in [1.165, 1.54) is 46.3 Å². The predicted octanol–water partition coefficient (Wildman–Crippen LogP) is 4.31. The molecule has 10 nitrogen and oxygen atoms in total. The van der Waals surface area contributed by atoms with Crippen molar-refractivity contribution in [1.82, 2.24) is 13.8 Å². The Morgan fingerprint density at radius 3 is 2.31 bits per heavy atom. The number of alkyl halides is 1.